The minimum Gasteiger partial charge on any atom is -0.493 e. The SMILES string of the molecule is C=CCOc1ccc(C(=O)N/N=C/c2cc(Br)ccc2OCC)cc1OCC. The van der Waals surface area contributed by atoms with Crippen molar-refractivity contribution < 1.29 is 19.0 Å². The van der Waals surface area contributed by atoms with Gasteiger partial charge in [-0.05, 0) is 50.2 Å². The normalized spacial score (nSPS) is 10.5. The maximum Gasteiger partial charge on any atom is 0.271 e. The van der Waals surface area contributed by atoms with Gasteiger partial charge < -0.3 is 14.2 Å². The standard InChI is InChI=1S/C21H23BrN2O4/c1-4-11-28-19-9-7-15(13-20(19)27-6-3)21(25)24-23-14-16-12-17(22)8-10-18(16)26-5-2/h4,7-10,12-14H,1,5-6,11H2,2-3H3,(H,24,25)/b23-14+. The average molecular weight is 447 g/mol. The lowest BCUT2D eigenvalue weighted by atomic mass is 10.2. The summed E-state index contributed by atoms with van der Waals surface area (Å²) in [6.45, 7) is 8.73. The van der Waals surface area contributed by atoms with E-state index in [9.17, 15) is 4.79 Å². The average Bonchev–Trinajstić information content (AvgIpc) is 2.69. The van der Waals surface area contributed by atoms with Gasteiger partial charge in [0.15, 0.2) is 11.5 Å². The van der Waals surface area contributed by atoms with Crippen LogP contribution in [0.15, 0.2) is 58.6 Å². The molecule has 0 aliphatic rings. The van der Waals surface area contributed by atoms with Crippen molar-refractivity contribution in [1.29, 1.82) is 0 Å². The lowest BCUT2D eigenvalue weighted by Crippen LogP contribution is -2.18. The van der Waals surface area contributed by atoms with E-state index < -0.39 is 0 Å². The molecule has 0 heterocycles. The van der Waals surface area contributed by atoms with Gasteiger partial charge in [-0.3, -0.25) is 4.79 Å². The molecule has 2 rings (SSSR count). The number of nitrogens with one attached hydrogen (secondary N) is 1. The third-order valence-electron chi connectivity index (χ3n) is 3.50. The largest absolute Gasteiger partial charge is 0.493 e. The minimum absolute atomic E-state index is 0.352. The third-order valence-corrected chi connectivity index (χ3v) is 4.00. The molecule has 0 aliphatic carbocycles. The Morgan fingerprint density at radius 1 is 1.07 bits per heavy atom. The van der Waals surface area contributed by atoms with Crippen LogP contribution in [0.2, 0.25) is 0 Å². The quantitative estimate of drug-likeness (QED) is 0.329. The van der Waals surface area contributed by atoms with Crippen LogP contribution in [-0.2, 0) is 0 Å². The van der Waals surface area contributed by atoms with Gasteiger partial charge in [-0.25, -0.2) is 5.43 Å². The Hall–Kier alpha value is -2.80. The fourth-order valence-corrected chi connectivity index (χ4v) is 2.70. The molecule has 28 heavy (non-hydrogen) atoms. The second kappa shape index (κ2) is 11.1. The van der Waals surface area contributed by atoms with Crippen LogP contribution in [0.3, 0.4) is 0 Å². The van der Waals surface area contributed by atoms with Crippen LogP contribution in [0.25, 0.3) is 0 Å². The molecule has 0 radical (unpaired) electrons. The summed E-state index contributed by atoms with van der Waals surface area (Å²) in [7, 11) is 0. The Balaban J connectivity index is 2.12. The summed E-state index contributed by atoms with van der Waals surface area (Å²) in [5.74, 6) is 1.37. The summed E-state index contributed by atoms with van der Waals surface area (Å²) in [4.78, 5) is 12.4. The van der Waals surface area contributed by atoms with Crippen LogP contribution in [0.5, 0.6) is 17.2 Å². The van der Waals surface area contributed by atoms with Gasteiger partial charge in [0.05, 0.1) is 19.4 Å². The van der Waals surface area contributed by atoms with Gasteiger partial charge in [-0.15, -0.1) is 0 Å². The smallest absolute Gasteiger partial charge is 0.271 e. The van der Waals surface area contributed by atoms with Crippen molar-refractivity contribution in [2.75, 3.05) is 19.8 Å². The third kappa shape index (κ3) is 6.13. The molecular weight excluding hydrogens is 424 g/mol. The number of hydrogen-bond acceptors (Lipinski definition) is 5. The molecule has 0 aliphatic heterocycles. The number of hydrogen-bond donors (Lipinski definition) is 1. The monoisotopic (exact) mass is 446 g/mol. The van der Waals surface area contributed by atoms with Crippen molar-refractivity contribution >= 4 is 28.1 Å². The molecule has 0 atom stereocenters. The van der Waals surface area contributed by atoms with Crippen molar-refractivity contribution in [2.24, 2.45) is 5.10 Å². The Kier molecular flexibility index (Phi) is 8.55. The van der Waals surface area contributed by atoms with E-state index >= 15 is 0 Å². The van der Waals surface area contributed by atoms with E-state index in [1.807, 2.05) is 32.0 Å². The van der Waals surface area contributed by atoms with E-state index in [-0.39, 0.29) is 5.91 Å². The molecule has 148 valence electrons. The van der Waals surface area contributed by atoms with Gasteiger partial charge in [-0.2, -0.15) is 5.10 Å². The van der Waals surface area contributed by atoms with E-state index in [1.54, 1.807) is 30.5 Å². The number of ether oxygens (including phenoxy) is 3. The fraction of sp³-hybridized carbons (Fsp3) is 0.238. The number of carbonyl (C=O) groups excluding carboxylic acids is 1. The molecule has 2 aromatic rings. The molecule has 2 aromatic carbocycles. The predicted octanol–water partition coefficient (Wildman–Crippen LogP) is 4.58. The highest BCUT2D eigenvalue weighted by Gasteiger charge is 2.11. The van der Waals surface area contributed by atoms with Gasteiger partial charge in [0.2, 0.25) is 0 Å². The number of hydrazone groups is 1. The van der Waals surface area contributed by atoms with Gasteiger partial charge in [0.25, 0.3) is 5.91 Å². The summed E-state index contributed by atoms with van der Waals surface area (Å²) < 4.78 is 17.5. The van der Waals surface area contributed by atoms with E-state index in [0.717, 1.165) is 10.0 Å². The molecule has 0 spiro atoms. The number of amides is 1. The first-order chi connectivity index (χ1) is 13.6. The zero-order valence-corrected chi connectivity index (χ0v) is 17.5. The van der Waals surface area contributed by atoms with Gasteiger partial charge in [0.1, 0.15) is 12.4 Å². The van der Waals surface area contributed by atoms with Crippen molar-refractivity contribution in [3.63, 3.8) is 0 Å². The zero-order valence-electron chi connectivity index (χ0n) is 15.9. The van der Waals surface area contributed by atoms with Crippen LogP contribution in [0, 0.1) is 0 Å². The van der Waals surface area contributed by atoms with E-state index in [0.29, 0.717) is 42.6 Å². The summed E-state index contributed by atoms with van der Waals surface area (Å²) in [5.41, 5.74) is 3.67. The lowest BCUT2D eigenvalue weighted by Gasteiger charge is -2.12. The van der Waals surface area contributed by atoms with Crippen molar-refractivity contribution in [3.8, 4) is 17.2 Å². The predicted molar refractivity (Wildman–Crippen MR) is 114 cm³/mol. The van der Waals surface area contributed by atoms with Crippen LogP contribution >= 0.6 is 15.9 Å². The molecule has 1 N–H and O–H groups in total. The molecule has 0 saturated carbocycles. The summed E-state index contributed by atoms with van der Waals surface area (Å²) in [6, 6.07) is 10.5. The Labute approximate surface area is 173 Å². The molecule has 0 unspecified atom stereocenters. The summed E-state index contributed by atoms with van der Waals surface area (Å²) in [5, 5.41) is 4.04. The van der Waals surface area contributed by atoms with Crippen molar-refractivity contribution in [3.05, 3.63) is 64.7 Å². The topological polar surface area (TPSA) is 69.2 Å². The number of carbonyl (C=O) groups is 1. The first-order valence-corrected chi connectivity index (χ1v) is 9.64. The van der Waals surface area contributed by atoms with Crippen LogP contribution in [0.4, 0.5) is 0 Å². The molecule has 0 saturated heterocycles. The van der Waals surface area contributed by atoms with Gasteiger partial charge >= 0.3 is 0 Å². The number of halogens is 1. The highest BCUT2D eigenvalue weighted by molar-refractivity contribution is 9.10. The molecule has 7 heteroatoms. The molecule has 0 aromatic heterocycles. The summed E-state index contributed by atoms with van der Waals surface area (Å²) >= 11 is 3.42. The number of rotatable bonds is 10. The van der Waals surface area contributed by atoms with E-state index in [1.165, 1.54) is 0 Å². The van der Waals surface area contributed by atoms with E-state index in [4.69, 9.17) is 14.2 Å². The first-order valence-electron chi connectivity index (χ1n) is 8.85. The first kappa shape index (κ1) is 21.5. The Morgan fingerprint density at radius 3 is 2.50 bits per heavy atom. The Bertz CT molecular complexity index is 852. The molecular formula is C21H23BrN2O4. The van der Waals surface area contributed by atoms with Crippen molar-refractivity contribution in [2.45, 2.75) is 13.8 Å². The Morgan fingerprint density at radius 2 is 1.79 bits per heavy atom. The molecule has 0 fully saturated rings. The zero-order chi connectivity index (χ0) is 20.4. The lowest BCUT2D eigenvalue weighted by molar-refractivity contribution is 0.0954. The molecule has 0 bridgehead atoms. The van der Waals surface area contributed by atoms with Crippen molar-refractivity contribution in [1.82, 2.24) is 5.43 Å². The maximum atomic E-state index is 12.4. The summed E-state index contributed by atoms with van der Waals surface area (Å²) in [6.07, 6.45) is 3.18. The van der Waals surface area contributed by atoms with E-state index in [2.05, 4.69) is 33.0 Å². The second-order valence-corrected chi connectivity index (χ2v) is 6.42. The highest BCUT2D eigenvalue weighted by atomic mass is 79.9. The van der Waals surface area contributed by atoms with Crippen LogP contribution in [-0.4, -0.2) is 31.9 Å². The fourth-order valence-electron chi connectivity index (χ4n) is 2.32. The molecule has 1 amide bonds. The number of nitrogens with zero attached hydrogens (tertiary/aromatic N) is 1. The van der Waals surface area contributed by atoms with Gasteiger partial charge in [0, 0.05) is 15.6 Å². The van der Waals surface area contributed by atoms with Crippen LogP contribution in [0.1, 0.15) is 29.8 Å². The maximum absolute atomic E-state index is 12.4. The minimum atomic E-state index is -0.361. The van der Waals surface area contributed by atoms with Crippen LogP contribution < -0.4 is 19.6 Å². The molecule has 6 nitrogen and oxygen atoms in total. The highest BCUT2D eigenvalue weighted by Crippen LogP contribution is 2.28. The van der Waals surface area contributed by atoms with Gasteiger partial charge in [-0.1, -0.05) is 28.6 Å². The second-order valence-electron chi connectivity index (χ2n) is 5.51. The number of benzene rings is 2.